The van der Waals surface area contributed by atoms with Crippen LogP contribution in [-0.4, -0.2) is 10.1 Å². The Morgan fingerprint density at radius 2 is 2.30 bits per heavy atom. The van der Waals surface area contributed by atoms with Gasteiger partial charge in [0.25, 0.3) is 0 Å². The summed E-state index contributed by atoms with van der Waals surface area (Å²) in [5.74, 6) is 0.196. The molecule has 0 amide bonds. The molecular weight excluding hydrogens is 148 g/mol. The van der Waals surface area contributed by atoms with E-state index in [1.165, 1.54) is 11.3 Å². The minimum Gasteiger partial charge on any atom is -0.495 e. The van der Waals surface area contributed by atoms with Gasteiger partial charge in [-0.25, -0.2) is 0 Å². The van der Waals surface area contributed by atoms with E-state index in [9.17, 15) is 0 Å². The quantitative estimate of drug-likeness (QED) is 0.538. The van der Waals surface area contributed by atoms with Crippen LogP contribution in [0.2, 0.25) is 0 Å². The molecule has 0 bridgehead atoms. The van der Waals surface area contributed by atoms with E-state index in [0.717, 1.165) is 15.2 Å². The maximum atomic E-state index is 8.95. The largest absolute Gasteiger partial charge is 0.495 e. The number of nitrogens with two attached hydrogens (primary N) is 1. The standard InChI is InChI=1S/C6H6N2OS/c7-5-1-3-4(10-5)2-6(9)8-3/h1-2,8-9H,7H2. The molecule has 0 spiro atoms. The number of nitrogen functional groups attached to an aromatic ring is 1. The van der Waals surface area contributed by atoms with Gasteiger partial charge in [0.05, 0.1) is 15.2 Å². The van der Waals surface area contributed by atoms with Gasteiger partial charge in [0.1, 0.15) is 0 Å². The van der Waals surface area contributed by atoms with Gasteiger partial charge in [0.15, 0.2) is 5.88 Å². The third kappa shape index (κ3) is 0.657. The highest BCUT2D eigenvalue weighted by molar-refractivity contribution is 7.22. The smallest absolute Gasteiger partial charge is 0.190 e. The van der Waals surface area contributed by atoms with Gasteiger partial charge in [-0.2, -0.15) is 0 Å². The van der Waals surface area contributed by atoms with Crippen LogP contribution in [0.5, 0.6) is 5.88 Å². The Labute approximate surface area is 61.1 Å². The Kier molecular flexibility index (Phi) is 0.935. The van der Waals surface area contributed by atoms with Crippen LogP contribution in [0, 0.1) is 0 Å². The summed E-state index contributed by atoms with van der Waals surface area (Å²) >= 11 is 1.46. The molecular formula is C6H6N2OS. The molecule has 0 radical (unpaired) electrons. The average molecular weight is 154 g/mol. The van der Waals surface area contributed by atoms with Gasteiger partial charge < -0.3 is 15.8 Å². The number of H-pyrrole nitrogens is 1. The van der Waals surface area contributed by atoms with Crippen LogP contribution in [0.15, 0.2) is 12.1 Å². The van der Waals surface area contributed by atoms with E-state index < -0.39 is 0 Å². The first-order valence-corrected chi connectivity index (χ1v) is 3.64. The highest BCUT2D eigenvalue weighted by atomic mass is 32.1. The lowest BCUT2D eigenvalue weighted by Crippen LogP contribution is -1.73. The fourth-order valence-corrected chi connectivity index (χ4v) is 1.75. The van der Waals surface area contributed by atoms with Crippen molar-refractivity contribution < 1.29 is 5.11 Å². The van der Waals surface area contributed by atoms with E-state index in [4.69, 9.17) is 10.8 Å². The highest BCUT2D eigenvalue weighted by Crippen LogP contribution is 2.29. The lowest BCUT2D eigenvalue weighted by Gasteiger charge is -1.78. The summed E-state index contributed by atoms with van der Waals surface area (Å²) in [4.78, 5) is 2.77. The van der Waals surface area contributed by atoms with Crippen molar-refractivity contribution in [3.63, 3.8) is 0 Å². The summed E-state index contributed by atoms with van der Waals surface area (Å²) in [5.41, 5.74) is 6.40. The normalized spacial score (nSPS) is 10.8. The highest BCUT2D eigenvalue weighted by Gasteiger charge is 2.01. The summed E-state index contributed by atoms with van der Waals surface area (Å²) in [6.45, 7) is 0. The third-order valence-electron chi connectivity index (χ3n) is 1.31. The van der Waals surface area contributed by atoms with Gasteiger partial charge in [-0.05, 0) is 6.07 Å². The van der Waals surface area contributed by atoms with Gasteiger partial charge in [0, 0.05) is 6.07 Å². The molecule has 0 saturated heterocycles. The molecule has 0 unspecified atom stereocenters. The number of hydrogen-bond donors (Lipinski definition) is 3. The van der Waals surface area contributed by atoms with E-state index in [1.807, 2.05) is 0 Å². The number of thiophene rings is 1. The van der Waals surface area contributed by atoms with Gasteiger partial charge in [0.2, 0.25) is 0 Å². The number of aromatic amines is 1. The van der Waals surface area contributed by atoms with E-state index in [-0.39, 0.29) is 5.88 Å². The predicted molar refractivity (Wildman–Crippen MR) is 42.3 cm³/mol. The molecule has 0 aromatic carbocycles. The van der Waals surface area contributed by atoms with Crippen molar-refractivity contribution in [2.45, 2.75) is 0 Å². The molecule has 0 aliphatic rings. The zero-order valence-electron chi connectivity index (χ0n) is 5.09. The number of hydrogen-bond acceptors (Lipinski definition) is 3. The predicted octanol–water partition coefficient (Wildman–Crippen LogP) is 1.52. The molecule has 0 saturated carbocycles. The molecule has 3 nitrogen and oxygen atoms in total. The zero-order valence-corrected chi connectivity index (χ0v) is 5.90. The summed E-state index contributed by atoms with van der Waals surface area (Å²) in [5, 5.41) is 9.71. The summed E-state index contributed by atoms with van der Waals surface area (Å²) in [6, 6.07) is 3.47. The van der Waals surface area contributed by atoms with Crippen molar-refractivity contribution in [3.8, 4) is 5.88 Å². The number of fused-ring (bicyclic) bond motifs is 1. The topological polar surface area (TPSA) is 62.0 Å². The Morgan fingerprint density at radius 3 is 3.00 bits per heavy atom. The Hall–Kier alpha value is -1.16. The van der Waals surface area contributed by atoms with Gasteiger partial charge >= 0.3 is 0 Å². The summed E-state index contributed by atoms with van der Waals surface area (Å²) in [7, 11) is 0. The minimum atomic E-state index is 0.196. The van der Waals surface area contributed by atoms with Crippen LogP contribution in [0.3, 0.4) is 0 Å². The summed E-state index contributed by atoms with van der Waals surface area (Å²) in [6.07, 6.45) is 0. The van der Waals surface area contributed by atoms with E-state index in [1.54, 1.807) is 12.1 Å². The van der Waals surface area contributed by atoms with Crippen molar-refractivity contribution in [1.82, 2.24) is 4.98 Å². The van der Waals surface area contributed by atoms with Crippen LogP contribution in [0.4, 0.5) is 5.00 Å². The van der Waals surface area contributed by atoms with E-state index >= 15 is 0 Å². The monoisotopic (exact) mass is 154 g/mol. The van der Waals surface area contributed by atoms with Crippen molar-refractivity contribution in [2.24, 2.45) is 0 Å². The molecule has 0 atom stereocenters. The lowest BCUT2D eigenvalue weighted by molar-refractivity contribution is 0.458. The Balaban J connectivity index is 2.83. The molecule has 0 fully saturated rings. The van der Waals surface area contributed by atoms with Gasteiger partial charge in [-0.15, -0.1) is 11.3 Å². The minimum absolute atomic E-state index is 0.196. The van der Waals surface area contributed by atoms with Crippen molar-refractivity contribution >= 4 is 26.6 Å². The first-order valence-electron chi connectivity index (χ1n) is 2.83. The summed E-state index contributed by atoms with van der Waals surface area (Å²) < 4.78 is 0.995. The maximum absolute atomic E-state index is 8.95. The molecule has 0 aliphatic heterocycles. The molecule has 2 aromatic rings. The van der Waals surface area contributed by atoms with Crippen molar-refractivity contribution in [3.05, 3.63) is 12.1 Å². The van der Waals surface area contributed by atoms with Gasteiger partial charge in [-0.1, -0.05) is 0 Å². The second-order valence-electron chi connectivity index (χ2n) is 2.08. The van der Waals surface area contributed by atoms with Crippen LogP contribution >= 0.6 is 11.3 Å². The van der Waals surface area contributed by atoms with E-state index in [0.29, 0.717) is 0 Å². The second-order valence-corrected chi connectivity index (χ2v) is 3.20. The Morgan fingerprint density at radius 1 is 1.50 bits per heavy atom. The first kappa shape index (κ1) is 5.61. The molecule has 2 aromatic heterocycles. The molecule has 52 valence electrons. The number of aromatic nitrogens is 1. The van der Waals surface area contributed by atoms with Crippen LogP contribution in [-0.2, 0) is 0 Å². The average Bonchev–Trinajstić information content (AvgIpc) is 2.21. The maximum Gasteiger partial charge on any atom is 0.190 e. The molecule has 4 heteroatoms. The third-order valence-corrected chi connectivity index (χ3v) is 2.22. The van der Waals surface area contributed by atoms with Crippen LogP contribution in [0.25, 0.3) is 10.2 Å². The number of aromatic hydroxyl groups is 1. The molecule has 2 heterocycles. The fourth-order valence-electron chi connectivity index (χ4n) is 0.928. The van der Waals surface area contributed by atoms with Crippen LogP contribution in [0.1, 0.15) is 0 Å². The molecule has 4 N–H and O–H groups in total. The molecule has 0 aliphatic carbocycles. The number of anilines is 1. The van der Waals surface area contributed by atoms with Crippen molar-refractivity contribution in [1.29, 1.82) is 0 Å². The zero-order chi connectivity index (χ0) is 7.14. The van der Waals surface area contributed by atoms with Crippen LogP contribution < -0.4 is 5.73 Å². The number of nitrogens with one attached hydrogen (secondary N) is 1. The fraction of sp³-hybridized carbons (Fsp3) is 0. The number of rotatable bonds is 0. The Bertz CT molecular complexity index is 300. The molecule has 2 rings (SSSR count). The molecule has 10 heavy (non-hydrogen) atoms. The van der Waals surface area contributed by atoms with Gasteiger partial charge in [-0.3, -0.25) is 0 Å². The SMILES string of the molecule is Nc1cc2[nH]c(O)cc2s1. The second kappa shape index (κ2) is 1.67. The van der Waals surface area contributed by atoms with E-state index in [2.05, 4.69) is 4.98 Å². The first-order chi connectivity index (χ1) is 4.75. The lowest BCUT2D eigenvalue weighted by atomic mass is 10.5. The van der Waals surface area contributed by atoms with Crippen molar-refractivity contribution in [2.75, 3.05) is 5.73 Å².